The number of alkyl halides is 6. The molecule has 2 fully saturated rings. The summed E-state index contributed by atoms with van der Waals surface area (Å²) in [5, 5.41) is 2.74. The Balaban J connectivity index is 1.31. The molecule has 2 aliphatic heterocycles. The predicted octanol–water partition coefficient (Wildman–Crippen LogP) is 6.71. The number of nitrogens with one attached hydrogen (secondary N) is 1. The highest BCUT2D eigenvalue weighted by Crippen LogP contribution is 2.38. The van der Waals surface area contributed by atoms with Crippen molar-refractivity contribution >= 4 is 17.6 Å². The fourth-order valence-electron chi connectivity index (χ4n) is 5.84. The lowest BCUT2D eigenvalue weighted by molar-refractivity contribution is -0.143. The maximum Gasteiger partial charge on any atom is 0.416 e. The van der Waals surface area contributed by atoms with Crippen LogP contribution in [0.4, 0.5) is 41.2 Å². The molecule has 0 spiro atoms. The highest BCUT2D eigenvalue weighted by molar-refractivity contribution is 5.95. The lowest BCUT2D eigenvalue weighted by atomic mass is 9.84. The van der Waals surface area contributed by atoms with Crippen molar-refractivity contribution in [1.82, 2.24) is 14.7 Å². The molecule has 2 saturated heterocycles. The first kappa shape index (κ1) is 31.3. The summed E-state index contributed by atoms with van der Waals surface area (Å²) in [6, 6.07) is 15.2. The number of nitrogens with zero attached hydrogens (tertiary/aromatic N) is 3. The molecule has 3 amide bonds. The molecule has 44 heavy (non-hydrogen) atoms. The second-order valence-electron chi connectivity index (χ2n) is 10.9. The number of carbonyl (C=O) groups excluding carboxylic acids is 2. The van der Waals surface area contributed by atoms with E-state index in [4.69, 9.17) is 0 Å². The van der Waals surface area contributed by atoms with E-state index < -0.39 is 40.8 Å². The topological polar surface area (TPSA) is 55.9 Å². The molecule has 0 radical (unpaired) electrons. The number of hydrogen-bond donors (Lipinski definition) is 1. The molecule has 3 aromatic rings. The summed E-state index contributed by atoms with van der Waals surface area (Å²) in [5.74, 6) is -1.59. The highest BCUT2D eigenvalue weighted by atomic mass is 19.4. The Bertz CT molecular complexity index is 1440. The summed E-state index contributed by atoms with van der Waals surface area (Å²) in [6.45, 7) is 2.06. The number of hydrogen-bond acceptors (Lipinski definition) is 3. The van der Waals surface area contributed by atoms with Crippen molar-refractivity contribution in [3.8, 4) is 0 Å². The van der Waals surface area contributed by atoms with Gasteiger partial charge in [-0.05, 0) is 54.4 Å². The van der Waals surface area contributed by atoms with Gasteiger partial charge < -0.3 is 15.1 Å². The van der Waals surface area contributed by atoms with Crippen LogP contribution in [0.15, 0.2) is 72.8 Å². The molecule has 5 rings (SSSR count). The number of halogens is 7. The molecule has 0 aromatic heterocycles. The number of amides is 3. The monoisotopic (exact) mass is 622 g/mol. The van der Waals surface area contributed by atoms with Gasteiger partial charge in [-0.15, -0.1) is 0 Å². The third-order valence-electron chi connectivity index (χ3n) is 8.09. The van der Waals surface area contributed by atoms with E-state index in [9.17, 15) is 40.3 Å². The Labute approximate surface area is 249 Å². The average Bonchev–Trinajstić information content (AvgIpc) is 3.01. The van der Waals surface area contributed by atoms with Crippen molar-refractivity contribution in [1.29, 1.82) is 0 Å². The predicted molar refractivity (Wildman–Crippen MR) is 149 cm³/mol. The van der Waals surface area contributed by atoms with Gasteiger partial charge in [0, 0.05) is 62.5 Å². The minimum atomic E-state index is -5.06. The first-order valence-corrected chi connectivity index (χ1v) is 14.0. The molecular formula is C31H29F7N4O2. The molecule has 3 aromatic carbocycles. The average molecular weight is 623 g/mol. The molecule has 2 heterocycles. The standard InChI is InChI=1S/C31H29F7N4O2/c32-24-6-8-25(9-7-24)39-29(44)41-14-12-40(13-15-41)27-10-11-42(19-26(27)20-4-2-1-3-5-20)28(43)21-16-22(30(33,34)35)18-23(17-21)31(36,37)38/h1-9,16-18,26-27H,10-15,19H2,(H,39,44). The van der Waals surface area contributed by atoms with E-state index in [2.05, 4.69) is 10.2 Å². The van der Waals surface area contributed by atoms with Crippen LogP contribution < -0.4 is 5.32 Å². The summed E-state index contributed by atoms with van der Waals surface area (Å²) in [4.78, 5) is 31.3. The zero-order valence-corrected chi connectivity index (χ0v) is 23.3. The van der Waals surface area contributed by atoms with Crippen LogP contribution in [0, 0.1) is 5.82 Å². The molecular weight excluding hydrogens is 593 g/mol. The number of likely N-dealkylation sites (tertiary alicyclic amines) is 1. The first-order valence-electron chi connectivity index (χ1n) is 14.0. The zero-order chi connectivity index (χ0) is 31.6. The molecule has 234 valence electrons. The number of anilines is 1. The Morgan fingerprint density at radius 2 is 1.32 bits per heavy atom. The second kappa shape index (κ2) is 12.5. The minimum Gasteiger partial charge on any atom is -0.338 e. The Kier molecular flexibility index (Phi) is 8.87. The summed E-state index contributed by atoms with van der Waals surface area (Å²) in [7, 11) is 0. The van der Waals surface area contributed by atoms with Crippen molar-refractivity contribution in [2.24, 2.45) is 0 Å². The van der Waals surface area contributed by atoms with Gasteiger partial charge in [-0.3, -0.25) is 9.69 Å². The van der Waals surface area contributed by atoms with E-state index >= 15 is 0 Å². The molecule has 2 aliphatic rings. The number of benzene rings is 3. The third kappa shape index (κ3) is 7.15. The van der Waals surface area contributed by atoms with Crippen LogP contribution in [-0.2, 0) is 12.4 Å². The van der Waals surface area contributed by atoms with Crippen LogP contribution in [0.3, 0.4) is 0 Å². The normalized spacial score (nSPS) is 20.0. The van der Waals surface area contributed by atoms with E-state index in [1.165, 1.54) is 29.2 Å². The van der Waals surface area contributed by atoms with Crippen LogP contribution in [-0.4, -0.2) is 71.9 Å². The zero-order valence-electron chi connectivity index (χ0n) is 23.3. The lowest BCUT2D eigenvalue weighted by Gasteiger charge is -2.47. The Morgan fingerprint density at radius 1 is 0.727 bits per heavy atom. The first-order chi connectivity index (χ1) is 20.8. The van der Waals surface area contributed by atoms with Crippen molar-refractivity contribution in [2.45, 2.75) is 30.7 Å². The van der Waals surface area contributed by atoms with Gasteiger partial charge in [0.1, 0.15) is 5.82 Å². The van der Waals surface area contributed by atoms with Gasteiger partial charge in [0.05, 0.1) is 11.1 Å². The summed E-state index contributed by atoms with van der Waals surface area (Å²) in [6.07, 6.45) is -9.69. The lowest BCUT2D eigenvalue weighted by Crippen LogP contribution is -2.57. The van der Waals surface area contributed by atoms with Crippen LogP contribution in [0.1, 0.15) is 39.4 Å². The van der Waals surface area contributed by atoms with Crippen molar-refractivity contribution < 1.29 is 40.3 Å². The maximum absolute atomic E-state index is 13.4. The van der Waals surface area contributed by atoms with Crippen molar-refractivity contribution in [3.63, 3.8) is 0 Å². The molecule has 1 N–H and O–H groups in total. The van der Waals surface area contributed by atoms with Gasteiger partial charge in [-0.2, -0.15) is 26.3 Å². The molecule has 2 unspecified atom stereocenters. The van der Waals surface area contributed by atoms with Gasteiger partial charge >= 0.3 is 18.4 Å². The minimum absolute atomic E-state index is 0.00928. The molecule has 2 atom stereocenters. The highest BCUT2D eigenvalue weighted by Gasteiger charge is 2.40. The number of rotatable bonds is 4. The quantitative estimate of drug-likeness (QED) is 0.329. The van der Waals surface area contributed by atoms with Gasteiger partial charge in [-0.1, -0.05) is 30.3 Å². The van der Waals surface area contributed by atoms with Gasteiger partial charge in [0.15, 0.2) is 0 Å². The molecule has 0 saturated carbocycles. The van der Waals surface area contributed by atoms with Crippen LogP contribution in [0.5, 0.6) is 0 Å². The second-order valence-corrected chi connectivity index (χ2v) is 10.9. The number of piperazine rings is 1. The molecule has 0 aliphatic carbocycles. The van der Waals surface area contributed by atoms with E-state index in [1.807, 2.05) is 30.3 Å². The molecule has 13 heteroatoms. The molecule has 6 nitrogen and oxygen atoms in total. The summed E-state index contributed by atoms with van der Waals surface area (Å²) in [5.41, 5.74) is -2.40. The fraction of sp³-hybridized carbons (Fsp3) is 0.355. The van der Waals surface area contributed by atoms with E-state index in [-0.39, 0.29) is 37.1 Å². The fourth-order valence-corrected chi connectivity index (χ4v) is 5.84. The van der Waals surface area contributed by atoms with Crippen LogP contribution >= 0.6 is 0 Å². The largest absolute Gasteiger partial charge is 0.416 e. The molecule has 0 bridgehead atoms. The number of piperidine rings is 1. The number of carbonyl (C=O) groups is 2. The summed E-state index contributed by atoms with van der Waals surface area (Å²) >= 11 is 0. The van der Waals surface area contributed by atoms with Gasteiger partial charge in [0.2, 0.25) is 0 Å². The Morgan fingerprint density at radius 3 is 1.89 bits per heavy atom. The number of urea groups is 1. The van der Waals surface area contributed by atoms with Crippen LogP contribution in [0.25, 0.3) is 0 Å². The van der Waals surface area contributed by atoms with E-state index in [0.29, 0.717) is 50.4 Å². The van der Waals surface area contributed by atoms with E-state index in [1.54, 1.807) is 4.90 Å². The van der Waals surface area contributed by atoms with Crippen molar-refractivity contribution in [3.05, 3.63) is 101 Å². The van der Waals surface area contributed by atoms with Gasteiger partial charge in [-0.25, -0.2) is 9.18 Å². The maximum atomic E-state index is 13.4. The van der Waals surface area contributed by atoms with Crippen molar-refractivity contribution in [2.75, 3.05) is 44.6 Å². The SMILES string of the molecule is O=C(Nc1ccc(F)cc1)N1CCN(C2CCN(C(=O)c3cc(C(F)(F)F)cc(C(F)(F)F)c3)CC2c2ccccc2)CC1. The summed E-state index contributed by atoms with van der Waals surface area (Å²) < 4.78 is 93.9. The Hall–Kier alpha value is -4.13. The van der Waals surface area contributed by atoms with E-state index in [0.717, 1.165) is 5.56 Å². The van der Waals surface area contributed by atoms with Crippen LogP contribution in [0.2, 0.25) is 0 Å². The van der Waals surface area contributed by atoms with Gasteiger partial charge in [0.25, 0.3) is 5.91 Å². The smallest absolute Gasteiger partial charge is 0.338 e. The third-order valence-corrected chi connectivity index (χ3v) is 8.09.